The summed E-state index contributed by atoms with van der Waals surface area (Å²) in [6.45, 7) is 5.34. The average Bonchev–Trinajstić information content (AvgIpc) is 3.19. The molecule has 0 saturated heterocycles. The second-order valence-electron chi connectivity index (χ2n) is 6.83. The Morgan fingerprint density at radius 2 is 1.83 bits per heavy atom. The van der Waals surface area contributed by atoms with Gasteiger partial charge in [0.1, 0.15) is 11.5 Å². The van der Waals surface area contributed by atoms with E-state index in [1.165, 1.54) is 0 Å². The third-order valence-electron chi connectivity index (χ3n) is 4.75. The number of halogens is 1. The molecule has 0 fully saturated rings. The Morgan fingerprint density at radius 1 is 1.10 bits per heavy atom. The van der Waals surface area contributed by atoms with Gasteiger partial charge in [0, 0.05) is 41.6 Å². The number of carbonyl (C=O) groups excluding carboxylic acids is 1. The van der Waals surface area contributed by atoms with Crippen LogP contribution >= 0.6 is 11.6 Å². The standard InChI is InChI=1S/C24H25ClN2O3/c1-4-10-27(24(28)19-13-22(29-2)15-23(14-19)30-3)17-21-9-6-11-26(21)16-18-7-5-8-20(25)12-18/h4-9,11-15H,1,10,16-17H2,2-3H3. The van der Waals surface area contributed by atoms with E-state index in [1.54, 1.807) is 43.4 Å². The fraction of sp³-hybridized carbons (Fsp3) is 0.208. The van der Waals surface area contributed by atoms with E-state index < -0.39 is 0 Å². The summed E-state index contributed by atoms with van der Waals surface area (Å²) < 4.78 is 12.7. The SMILES string of the molecule is C=CCN(Cc1cccn1Cc1cccc(Cl)c1)C(=O)c1cc(OC)cc(OC)c1. The lowest BCUT2D eigenvalue weighted by atomic mass is 10.1. The lowest BCUT2D eigenvalue weighted by Crippen LogP contribution is -2.31. The Labute approximate surface area is 182 Å². The summed E-state index contributed by atoms with van der Waals surface area (Å²) in [5.74, 6) is 1.02. The largest absolute Gasteiger partial charge is 0.497 e. The molecule has 3 rings (SSSR count). The maximum absolute atomic E-state index is 13.3. The van der Waals surface area contributed by atoms with Crippen LogP contribution in [-0.2, 0) is 13.1 Å². The lowest BCUT2D eigenvalue weighted by molar-refractivity contribution is 0.0758. The summed E-state index contributed by atoms with van der Waals surface area (Å²) in [7, 11) is 3.13. The number of benzene rings is 2. The molecule has 0 bridgehead atoms. The maximum Gasteiger partial charge on any atom is 0.254 e. The van der Waals surface area contributed by atoms with Crippen molar-refractivity contribution in [3.63, 3.8) is 0 Å². The number of nitrogens with zero attached hydrogens (tertiary/aromatic N) is 2. The van der Waals surface area contributed by atoms with Crippen LogP contribution in [0.15, 0.2) is 73.4 Å². The van der Waals surface area contributed by atoms with Crippen LogP contribution in [0.5, 0.6) is 11.5 Å². The van der Waals surface area contributed by atoms with Crippen LogP contribution in [0.3, 0.4) is 0 Å². The van der Waals surface area contributed by atoms with Gasteiger partial charge in [0.05, 0.1) is 20.8 Å². The van der Waals surface area contributed by atoms with Crippen LogP contribution in [-0.4, -0.2) is 36.1 Å². The van der Waals surface area contributed by atoms with E-state index in [0.29, 0.717) is 41.7 Å². The van der Waals surface area contributed by atoms with E-state index in [4.69, 9.17) is 21.1 Å². The second kappa shape index (κ2) is 10.0. The molecule has 0 radical (unpaired) electrons. The van der Waals surface area contributed by atoms with E-state index in [0.717, 1.165) is 11.3 Å². The summed E-state index contributed by atoms with van der Waals surface area (Å²) in [5.41, 5.74) is 2.61. The zero-order valence-corrected chi connectivity index (χ0v) is 17.9. The van der Waals surface area contributed by atoms with Gasteiger partial charge in [0.2, 0.25) is 0 Å². The predicted molar refractivity (Wildman–Crippen MR) is 119 cm³/mol. The van der Waals surface area contributed by atoms with Crippen molar-refractivity contribution in [2.45, 2.75) is 13.1 Å². The van der Waals surface area contributed by atoms with Crippen molar-refractivity contribution in [1.29, 1.82) is 0 Å². The van der Waals surface area contributed by atoms with E-state index in [-0.39, 0.29) is 5.91 Å². The smallest absolute Gasteiger partial charge is 0.254 e. The molecule has 1 amide bonds. The number of carbonyl (C=O) groups is 1. The molecule has 2 aromatic carbocycles. The van der Waals surface area contributed by atoms with Gasteiger partial charge in [-0.3, -0.25) is 4.79 Å². The van der Waals surface area contributed by atoms with Crippen molar-refractivity contribution in [3.8, 4) is 11.5 Å². The van der Waals surface area contributed by atoms with Gasteiger partial charge in [-0.25, -0.2) is 0 Å². The van der Waals surface area contributed by atoms with Gasteiger partial charge in [0.15, 0.2) is 0 Å². The van der Waals surface area contributed by atoms with Crippen molar-refractivity contribution >= 4 is 17.5 Å². The first-order valence-electron chi connectivity index (χ1n) is 9.55. The Balaban J connectivity index is 1.84. The van der Waals surface area contributed by atoms with Gasteiger partial charge >= 0.3 is 0 Å². The molecule has 30 heavy (non-hydrogen) atoms. The van der Waals surface area contributed by atoms with Crippen LogP contribution in [0.4, 0.5) is 0 Å². The topological polar surface area (TPSA) is 43.7 Å². The van der Waals surface area contributed by atoms with Gasteiger partial charge in [-0.05, 0) is 42.0 Å². The number of amides is 1. The van der Waals surface area contributed by atoms with Crippen LogP contribution in [0.2, 0.25) is 5.02 Å². The minimum absolute atomic E-state index is 0.123. The Bertz CT molecular complexity index is 1010. The first-order chi connectivity index (χ1) is 14.5. The van der Waals surface area contributed by atoms with Gasteiger partial charge in [-0.15, -0.1) is 6.58 Å². The van der Waals surface area contributed by atoms with E-state index in [9.17, 15) is 4.79 Å². The third kappa shape index (κ3) is 5.24. The van der Waals surface area contributed by atoms with Crippen molar-refractivity contribution in [3.05, 3.63) is 95.3 Å². The molecule has 3 aromatic rings. The maximum atomic E-state index is 13.3. The highest BCUT2D eigenvalue weighted by Gasteiger charge is 2.18. The zero-order chi connectivity index (χ0) is 21.5. The number of aromatic nitrogens is 1. The van der Waals surface area contributed by atoms with Gasteiger partial charge in [0.25, 0.3) is 5.91 Å². The van der Waals surface area contributed by atoms with Crippen molar-refractivity contribution in [2.75, 3.05) is 20.8 Å². The third-order valence-corrected chi connectivity index (χ3v) is 4.99. The molecule has 156 valence electrons. The molecule has 0 unspecified atom stereocenters. The van der Waals surface area contributed by atoms with Crippen molar-refractivity contribution in [1.82, 2.24) is 9.47 Å². The molecule has 0 N–H and O–H groups in total. The number of rotatable bonds is 9. The van der Waals surface area contributed by atoms with Crippen LogP contribution in [0.1, 0.15) is 21.6 Å². The summed E-state index contributed by atoms with van der Waals surface area (Å²) in [5, 5.41) is 0.705. The fourth-order valence-corrected chi connectivity index (χ4v) is 3.48. The second-order valence-corrected chi connectivity index (χ2v) is 7.27. The predicted octanol–water partition coefficient (Wildman–Crippen LogP) is 5.04. The number of ether oxygens (including phenoxy) is 2. The normalized spacial score (nSPS) is 10.5. The minimum atomic E-state index is -0.123. The molecule has 0 saturated carbocycles. The first kappa shape index (κ1) is 21.5. The molecular weight excluding hydrogens is 400 g/mol. The van der Waals surface area contributed by atoms with Crippen molar-refractivity contribution in [2.24, 2.45) is 0 Å². The minimum Gasteiger partial charge on any atom is -0.497 e. The van der Waals surface area contributed by atoms with E-state index in [2.05, 4.69) is 11.1 Å². The molecular formula is C24H25ClN2O3. The average molecular weight is 425 g/mol. The molecule has 0 aliphatic carbocycles. The highest BCUT2D eigenvalue weighted by atomic mass is 35.5. The summed E-state index contributed by atoms with van der Waals surface area (Å²) in [6, 6.07) is 16.9. The first-order valence-corrected chi connectivity index (χ1v) is 9.93. The molecule has 1 heterocycles. The highest BCUT2D eigenvalue weighted by molar-refractivity contribution is 6.30. The van der Waals surface area contributed by atoms with Gasteiger partial charge in [-0.1, -0.05) is 29.8 Å². The molecule has 0 aliphatic heterocycles. The van der Waals surface area contributed by atoms with Crippen LogP contribution < -0.4 is 9.47 Å². The molecule has 1 aromatic heterocycles. The summed E-state index contributed by atoms with van der Waals surface area (Å²) >= 11 is 6.12. The highest BCUT2D eigenvalue weighted by Crippen LogP contribution is 2.24. The van der Waals surface area contributed by atoms with E-state index in [1.807, 2.05) is 42.6 Å². The zero-order valence-electron chi connectivity index (χ0n) is 17.2. The van der Waals surface area contributed by atoms with Crippen molar-refractivity contribution < 1.29 is 14.3 Å². The monoisotopic (exact) mass is 424 g/mol. The summed E-state index contributed by atoms with van der Waals surface area (Å²) in [6.07, 6.45) is 3.72. The number of methoxy groups -OCH3 is 2. The molecule has 0 spiro atoms. The van der Waals surface area contributed by atoms with Gasteiger partial charge in [-0.2, -0.15) is 0 Å². The number of hydrogen-bond acceptors (Lipinski definition) is 3. The van der Waals surface area contributed by atoms with Crippen LogP contribution in [0.25, 0.3) is 0 Å². The fourth-order valence-electron chi connectivity index (χ4n) is 3.26. The summed E-state index contributed by atoms with van der Waals surface area (Å²) in [4.78, 5) is 15.0. The Morgan fingerprint density at radius 3 is 2.47 bits per heavy atom. The Kier molecular flexibility index (Phi) is 7.20. The number of hydrogen-bond donors (Lipinski definition) is 0. The van der Waals surface area contributed by atoms with E-state index >= 15 is 0 Å². The molecule has 6 heteroatoms. The molecule has 5 nitrogen and oxygen atoms in total. The molecule has 0 aliphatic rings. The quantitative estimate of drug-likeness (QED) is 0.452. The van der Waals surface area contributed by atoms with Gasteiger partial charge < -0.3 is 18.9 Å². The Hall–Kier alpha value is -3.18. The molecule has 0 atom stereocenters. The lowest BCUT2D eigenvalue weighted by Gasteiger charge is -2.23. The van der Waals surface area contributed by atoms with Crippen LogP contribution in [0, 0.1) is 0 Å².